The van der Waals surface area contributed by atoms with E-state index in [2.05, 4.69) is 11.1 Å². The van der Waals surface area contributed by atoms with Crippen LogP contribution in [0.1, 0.15) is 13.3 Å². The number of hydrogen-bond acceptors (Lipinski definition) is 5. The molecule has 0 rings (SSSR count). The van der Waals surface area contributed by atoms with Gasteiger partial charge in [0, 0.05) is 19.9 Å². The van der Waals surface area contributed by atoms with E-state index < -0.39 is 19.7 Å². The molecule has 0 aliphatic carbocycles. The standard InChI is InChI=1S/C9H17O5P/c1-5-8(14-9(10)6-2)7-13-15(4,11)12-3/h6,8H,2,5,7H2,1,3-4H3. The Kier molecular flexibility index (Phi) is 6.48. The first-order chi connectivity index (χ1) is 6.95. The molecule has 0 saturated heterocycles. The van der Waals surface area contributed by atoms with Crippen molar-refractivity contribution in [2.75, 3.05) is 20.4 Å². The van der Waals surface area contributed by atoms with E-state index in [1.54, 1.807) is 0 Å². The fourth-order valence-electron chi connectivity index (χ4n) is 0.719. The summed E-state index contributed by atoms with van der Waals surface area (Å²) >= 11 is 0. The molecule has 0 fully saturated rings. The Morgan fingerprint density at radius 2 is 2.20 bits per heavy atom. The monoisotopic (exact) mass is 236 g/mol. The van der Waals surface area contributed by atoms with E-state index in [0.717, 1.165) is 6.08 Å². The summed E-state index contributed by atoms with van der Waals surface area (Å²) in [5.74, 6) is -0.520. The molecule has 5 nitrogen and oxygen atoms in total. The Labute approximate surface area is 89.9 Å². The van der Waals surface area contributed by atoms with Crippen LogP contribution in [0, 0.1) is 0 Å². The lowest BCUT2D eigenvalue weighted by Crippen LogP contribution is -2.21. The van der Waals surface area contributed by atoms with Crippen molar-refractivity contribution in [1.82, 2.24) is 0 Å². The maximum absolute atomic E-state index is 11.4. The minimum absolute atomic E-state index is 0.0533. The van der Waals surface area contributed by atoms with E-state index in [9.17, 15) is 9.36 Å². The first-order valence-corrected chi connectivity index (χ1v) is 6.55. The molecule has 0 amide bonds. The van der Waals surface area contributed by atoms with Gasteiger partial charge < -0.3 is 13.8 Å². The van der Waals surface area contributed by atoms with Crippen molar-refractivity contribution in [3.8, 4) is 0 Å². The van der Waals surface area contributed by atoms with Crippen molar-refractivity contribution in [3.05, 3.63) is 12.7 Å². The van der Waals surface area contributed by atoms with Crippen LogP contribution in [0.15, 0.2) is 12.7 Å². The van der Waals surface area contributed by atoms with Gasteiger partial charge >= 0.3 is 13.6 Å². The number of esters is 1. The lowest BCUT2D eigenvalue weighted by Gasteiger charge is -2.17. The summed E-state index contributed by atoms with van der Waals surface area (Å²) in [6, 6.07) is 0. The summed E-state index contributed by atoms with van der Waals surface area (Å²) in [5, 5.41) is 0. The number of rotatable bonds is 7. The van der Waals surface area contributed by atoms with Gasteiger partial charge in [0.25, 0.3) is 0 Å². The smallest absolute Gasteiger partial charge is 0.330 e. The van der Waals surface area contributed by atoms with Crippen LogP contribution < -0.4 is 0 Å². The lowest BCUT2D eigenvalue weighted by molar-refractivity contribution is -0.144. The van der Waals surface area contributed by atoms with Crippen molar-refractivity contribution in [2.45, 2.75) is 19.4 Å². The predicted octanol–water partition coefficient (Wildman–Crippen LogP) is 1.98. The Hall–Kier alpha value is -0.640. The van der Waals surface area contributed by atoms with E-state index >= 15 is 0 Å². The zero-order valence-electron chi connectivity index (χ0n) is 9.26. The first-order valence-electron chi connectivity index (χ1n) is 4.56. The minimum atomic E-state index is -3.01. The Morgan fingerprint density at radius 1 is 1.60 bits per heavy atom. The van der Waals surface area contributed by atoms with Crippen LogP contribution in [0.5, 0.6) is 0 Å². The highest BCUT2D eigenvalue weighted by atomic mass is 31.2. The van der Waals surface area contributed by atoms with Gasteiger partial charge in [-0.25, -0.2) is 4.79 Å². The minimum Gasteiger partial charge on any atom is -0.457 e. The van der Waals surface area contributed by atoms with E-state index in [0.29, 0.717) is 6.42 Å². The zero-order chi connectivity index (χ0) is 11.9. The number of carbonyl (C=O) groups excluding carboxylic acids is 1. The van der Waals surface area contributed by atoms with Crippen LogP contribution in [0.3, 0.4) is 0 Å². The second kappa shape index (κ2) is 6.77. The Balaban J connectivity index is 4.06. The molecule has 0 heterocycles. The number of ether oxygens (including phenoxy) is 1. The lowest BCUT2D eigenvalue weighted by atomic mass is 10.3. The molecule has 0 aromatic rings. The molecule has 15 heavy (non-hydrogen) atoms. The third kappa shape index (κ3) is 6.44. The van der Waals surface area contributed by atoms with Crippen LogP contribution in [0.25, 0.3) is 0 Å². The van der Waals surface area contributed by atoms with Gasteiger partial charge in [-0.1, -0.05) is 13.5 Å². The molecule has 0 radical (unpaired) electrons. The largest absolute Gasteiger partial charge is 0.457 e. The summed E-state index contributed by atoms with van der Waals surface area (Å²) in [7, 11) is -1.71. The maximum Gasteiger partial charge on any atom is 0.330 e. The van der Waals surface area contributed by atoms with Crippen molar-refractivity contribution >= 4 is 13.6 Å². The molecule has 0 aromatic carbocycles. The van der Waals surface area contributed by atoms with Gasteiger partial charge in [-0.05, 0) is 6.42 Å². The molecule has 0 aliphatic heterocycles. The van der Waals surface area contributed by atoms with Crippen molar-refractivity contribution in [2.24, 2.45) is 0 Å². The Morgan fingerprint density at radius 3 is 2.60 bits per heavy atom. The van der Waals surface area contributed by atoms with Crippen LogP contribution in [-0.2, 0) is 23.1 Å². The highest BCUT2D eigenvalue weighted by molar-refractivity contribution is 7.52. The zero-order valence-corrected chi connectivity index (χ0v) is 10.2. The van der Waals surface area contributed by atoms with Crippen molar-refractivity contribution in [1.29, 1.82) is 0 Å². The van der Waals surface area contributed by atoms with Gasteiger partial charge in [-0.2, -0.15) is 0 Å². The van der Waals surface area contributed by atoms with Crippen LogP contribution >= 0.6 is 7.60 Å². The predicted molar refractivity (Wildman–Crippen MR) is 56.9 cm³/mol. The highest BCUT2D eigenvalue weighted by Crippen LogP contribution is 2.42. The molecule has 0 saturated carbocycles. The molecule has 0 spiro atoms. The fraction of sp³-hybridized carbons (Fsp3) is 0.667. The summed E-state index contributed by atoms with van der Waals surface area (Å²) < 4.78 is 25.9. The van der Waals surface area contributed by atoms with Crippen molar-refractivity contribution < 1.29 is 23.1 Å². The van der Waals surface area contributed by atoms with Gasteiger partial charge in [0.15, 0.2) is 0 Å². The molecular formula is C9H17O5P. The number of hydrogen-bond donors (Lipinski definition) is 0. The molecule has 88 valence electrons. The molecule has 0 N–H and O–H groups in total. The fourth-order valence-corrected chi connectivity index (χ4v) is 1.26. The SMILES string of the molecule is C=CC(=O)OC(CC)COP(C)(=O)OC. The molecule has 0 aliphatic rings. The topological polar surface area (TPSA) is 61.8 Å². The van der Waals surface area contributed by atoms with Crippen LogP contribution in [0.2, 0.25) is 0 Å². The second-order valence-electron chi connectivity index (χ2n) is 2.92. The third-order valence-electron chi connectivity index (χ3n) is 1.73. The van der Waals surface area contributed by atoms with Gasteiger partial charge in [0.2, 0.25) is 0 Å². The van der Waals surface area contributed by atoms with Crippen LogP contribution in [0.4, 0.5) is 0 Å². The third-order valence-corrected chi connectivity index (χ3v) is 3.01. The summed E-state index contributed by atoms with van der Waals surface area (Å²) in [4.78, 5) is 10.9. The summed E-state index contributed by atoms with van der Waals surface area (Å²) in [5.41, 5.74) is 0. The van der Waals surface area contributed by atoms with E-state index in [4.69, 9.17) is 9.26 Å². The van der Waals surface area contributed by atoms with E-state index in [-0.39, 0.29) is 6.61 Å². The molecule has 0 bridgehead atoms. The molecule has 0 aromatic heterocycles. The van der Waals surface area contributed by atoms with Crippen molar-refractivity contribution in [3.63, 3.8) is 0 Å². The average molecular weight is 236 g/mol. The maximum atomic E-state index is 11.4. The average Bonchev–Trinajstić information content (AvgIpc) is 2.23. The van der Waals surface area contributed by atoms with Gasteiger partial charge in [-0.3, -0.25) is 4.57 Å². The molecular weight excluding hydrogens is 219 g/mol. The summed E-state index contributed by atoms with van der Waals surface area (Å²) in [6.07, 6.45) is 1.22. The molecule has 2 atom stereocenters. The van der Waals surface area contributed by atoms with Gasteiger partial charge in [0.05, 0.1) is 6.61 Å². The quantitative estimate of drug-likeness (QED) is 0.384. The molecule has 6 heteroatoms. The van der Waals surface area contributed by atoms with E-state index in [1.165, 1.54) is 13.8 Å². The highest BCUT2D eigenvalue weighted by Gasteiger charge is 2.19. The van der Waals surface area contributed by atoms with E-state index in [1.807, 2.05) is 6.92 Å². The molecule has 2 unspecified atom stereocenters. The Bertz CT molecular complexity index is 263. The van der Waals surface area contributed by atoms with Crippen LogP contribution in [-0.4, -0.2) is 32.5 Å². The van der Waals surface area contributed by atoms with Gasteiger partial charge in [0.1, 0.15) is 6.10 Å². The second-order valence-corrected chi connectivity index (χ2v) is 5.09. The summed E-state index contributed by atoms with van der Waals surface area (Å²) in [6.45, 7) is 6.52. The normalized spacial score (nSPS) is 16.5. The first kappa shape index (κ1) is 14.4. The number of carbonyl (C=O) groups is 1. The van der Waals surface area contributed by atoms with Gasteiger partial charge in [-0.15, -0.1) is 0 Å².